The summed E-state index contributed by atoms with van der Waals surface area (Å²) in [5.41, 5.74) is 10.0. The maximum absolute atomic E-state index is 15.4. The van der Waals surface area contributed by atoms with Crippen molar-refractivity contribution in [1.29, 1.82) is 0 Å². The number of imidazole rings is 2. The second kappa shape index (κ2) is 13.6. The summed E-state index contributed by atoms with van der Waals surface area (Å²) < 4.78 is 41.4. The maximum Gasteiger partial charge on any atom is 0.323 e. The quantitative estimate of drug-likeness (QED) is 0.137. The van der Waals surface area contributed by atoms with Gasteiger partial charge in [0.15, 0.2) is 11.6 Å². The van der Waals surface area contributed by atoms with Crippen LogP contribution in [0.5, 0.6) is 0 Å². The van der Waals surface area contributed by atoms with E-state index in [0.717, 1.165) is 44.1 Å². The summed E-state index contributed by atoms with van der Waals surface area (Å²) in [5.74, 6) is -0.0122. The molecule has 10 aromatic rings. The molecule has 0 atom stereocenters. The molecule has 10 rings (SSSR count). The lowest BCUT2D eigenvalue weighted by Gasteiger charge is -2.14. The smallest absolute Gasteiger partial charge is 0.323 e. The van der Waals surface area contributed by atoms with Crippen LogP contribution in [0.2, 0.25) is 0 Å². The van der Waals surface area contributed by atoms with Gasteiger partial charge in [0.05, 0.1) is 44.6 Å². The van der Waals surface area contributed by atoms with Gasteiger partial charge in [-0.2, -0.15) is 0 Å². The van der Waals surface area contributed by atoms with Crippen molar-refractivity contribution in [3.05, 3.63) is 140 Å². The highest BCUT2D eigenvalue weighted by Gasteiger charge is 2.25. The zero-order valence-corrected chi connectivity index (χ0v) is 32.1. The fourth-order valence-electron chi connectivity index (χ4n) is 8.06. The Hall–Kier alpha value is -7.48. The van der Waals surface area contributed by atoms with E-state index in [-0.39, 0.29) is 11.0 Å². The van der Waals surface area contributed by atoms with Crippen LogP contribution in [0.15, 0.2) is 91.7 Å². The Bertz CT molecular complexity index is 3140. The van der Waals surface area contributed by atoms with E-state index >= 15 is 8.78 Å². The Labute approximate surface area is 327 Å². The van der Waals surface area contributed by atoms with Gasteiger partial charge >= 0.3 is 11.4 Å². The van der Waals surface area contributed by atoms with Crippen LogP contribution in [0.3, 0.4) is 0 Å². The van der Waals surface area contributed by atoms with Gasteiger partial charge in [-0.25, -0.2) is 18.4 Å². The predicted molar refractivity (Wildman–Crippen MR) is 219 cm³/mol. The predicted octanol–water partition coefficient (Wildman–Crippen LogP) is 9.58. The SMILES string of the molecule is Cc1ccc2ncccc2c1-c1cc(-c2c(C)noc2C)c(F)c2[nH]c(=O)[nH]c12.Cc1ccc2ncccc2c1-c1cc(-c2c(C)noc2C)c(F)c2[nH]c(=O)[nH]c12. The topological polar surface area (TPSA) is 175 Å². The van der Waals surface area contributed by atoms with E-state index in [2.05, 4.69) is 40.2 Å². The number of nitrogens with one attached hydrogen (secondary N) is 4. The number of rotatable bonds is 4. The largest absolute Gasteiger partial charge is 0.361 e. The van der Waals surface area contributed by atoms with Crippen LogP contribution in [-0.4, -0.2) is 40.2 Å². The number of nitrogens with zero attached hydrogens (tertiary/aromatic N) is 4. The number of aromatic amines is 4. The number of halogens is 2. The molecule has 58 heavy (non-hydrogen) atoms. The highest BCUT2D eigenvalue weighted by atomic mass is 19.1. The second-order valence-electron chi connectivity index (χ2n) is 14.3. The lowest BCUT2D eigenvalue weighted by Crippen LogP contribution is -1.99. The minimum Gasteiger partial charge on any atom is -0.361 e. The molecule has 0 saturated heterocycles. The molecule has 0 aliphatic carbocycles. The van der Waals surface area contributed by atoms with Crippen LogP contribution in [0.4, 0.5) is 8.78 Å². The van der Waals surface area contributed by atoms with Gasteiger partial charge < -0.3 is 29.0 Å². The summed E-state index contributed by atoms with van der Waals surface area (Å²) in [7, 11) is 0. The van der Waals surface area contributed by atoms with Crippen molar-refractivity contribution in [1.82, 2.24) is 40.2 Å². The molecule has 0 aliphatic rings. The molecule has 12 nitrogen and oxygen atoms in total. The number of pyridine rings is 2. The number of aromatic nitrogens is 8. The highest BCUT2D eigenvalue weighted by molar-refractivity contribution is 6.07. The lowest BCUT2D eigenvalue weighted by molar-refractivity contribution is 0.393. The molecule has 4 aromatic carbocycles. The third kappa shape index (κ3) is 5.71. The number of benzene rings is 4. The average molecular weight is 777 g/mol. The van der Waals surface area contributed by atoms with E-state index in [0.29, 0.717) is 67.3 Å². The molecule has 14 heteroatoms. The summed E-state index contributed by atoms with van der Waals surface area (Å²) >= 11 is 0. The number of H-pyrrole nitrogens is 4. The average Bonchev–Trinajstić information content (AvgIpc) is 3.98. The van der Waals surface area contributed by atoms with Crippen LogP contribution < -0.4 is 11.4 Å². The van der Waals surface area contributed by atoms with Crippen molar-refractivity contribution >= 4 is 43.9 Å². The normalized spacial score (nSPS) is 11.6. The minimum atomic E-state index is -0.521. The molecule has 6 heterocycles. The van der Waals surface area contributed by atoms with Gasteiger partial charge in [0.2, 0.25) is 0 Å². The maximum atomic E-state index is 15.4. The van der Waals surface area contributed by atoms with E-state index in [1.807, 2.05) is 62.4 Å². The van der Waals surface area contributed by atoms with Crippen LogP contribution >= 0.6 is 0 Å². The van der Waals surface area contributed by atoms with Crippen molar-refractivity contribution < 1.29 is 17.8 Å². The van der Waals surface area contributed by atoms with E-state index < -0.39 is 23.0 Å². The molecule has 288 valence electrons. The Morgan fingerprint density at radius 3 is 1.28 bits per heavy atom. The first-order chi connectivity index (χ1) is 27.9. The third-order valence-electron chi connectivity index (χ3n) is 10.6. The lowest BCUT2D eigenvalue weighted by atomic mass is 9.91. The van der Waals surface area contributed by atoms with E-state index in [1.54, 1.807) is 52.2 Å². The highest BCUT2D eigenvalue weighted by Crippen LogP contribution is 2.42. The van der Waals surface area contributed by atoms with Gasteiger partial charge in [-0.05, 0) is 100 Å². The van der Waals surface area contributed by atoms with Crippen molar-refractivity contribution in [3.63, 3.8) is 0 Å². The summed E-state index contributed by atoms with van der Waals surface area (Å²) in [6.07, 6.45) is 3.46. The van der Waals surface area contributed by atoms with E-state index in [4.69, 9.17) is 9.05 Å². The van der Waals surface area contributed by atoms with Crippen LogP contribution in [0.1, 0.15) is 34.0 Å². The fraction of sp³-hybridized carbons (Fsp3) is 0.136. The molecule has 0 unspecified atom stereocenters. The first-order valence-corrected chi connectivity index (χ1v) is 18.4. The second-order valence-corrected chi connectivity index (χ2v) is 14.3. The first-order valence-electron chi connectivity index (χ1n) is 18.4. The standard InChI is InChI=1S/2C22H17FN4O2/c2*1-10-6-7-16-13(5-4-8-24-16)17(10)15-9-14(18-11(2)27-29-12(18)3)19(23)21-20(15)25-22(28)26-21/h2*4-9H,1-3H3,(H2,25,26,28). The number of fused-ring (bicyclic) bond motifs is 4. The molecule has 0 saturated carbocycles. The first kappa shape index (κ1) is 36.2. The minimum absolute atomic E-state index is 0.128. The molecule has 0 radical (unpaired) electrons. The van der Waals surface area contributed by atoms with Crippen molar-refractivity contribution in [2.45, 2.75) is 41.5 Å². The van der Waals surface area contributed by atoms with Gasteiger partial charge in [0.25, 0.3) is 0 Å². The van der Waals surface area contributed by atoms with Gasteiger partial charge in [-0.3, -0.25) is 9.97 Å². The number of hydrogen-bond acceptors (Lipinski definition) is 8. The van der Waals surface area contributed by atoms with Crippen LogP contribution in [0.25, 0.3) is 88.4 Å². The fourth-order valence-corrected chi connectivity index (χ4v) is 8.06. The molecule has 0 bridgehead atoms. The van der Waals surface area contributed by atoms with Crippen molar-refractivity contribution in [3.8, 4) is 44.5 Å². The van der Waals surface area contributed by atoms with Crippen molar-refractivity contribution in [2.75, 3.05) is 0 Å². The number of hydrogen-bond donors (Lipinski definition) is 4. The zero-order valence-electron chi connectivity index (χ0n) is 32.1. The molecular weight excluding hydrogens is 743 g/mol. The summed E-state index contributed by atoms with van der Waals surface area (Å²) in [5, 5.41) is 9.76. The monoisotopic (exact) mass is 776 g/mol. The van der Waals surface area contributed by atoms with E-state index in [1.165, 1.54) is 0 Å². The molecule has 0 spiro atoms. The zero-order chi connectivity index (χ0) is 40.6. The van der Waals surface area contributed by atoms with Crippen molar-refractivity contribution in [2.24, 2.45) is 0 Å². The number of aryl methyl sites for hydroxylation is 6. The Balaban J connectivity index is 0.000000150. The van der Waals surface area contributed by atoms with E-state index in [9.17, 15) is 9.59 Å². The Morgan fingerprint density at radius 1 is 0.500 bits per heavy atom. The molecule has 0 aliphatic heterocycles. The van der Waals surface area contributed by atoms with Crippen LogP contribution in [0, 0.1) is 53.2 Å². The Morgan fingerprint density at radius 2 is 0.897 bits per heavy atom. The molecule has 0 amide bonds. The molecule has 4 N–H and O–H groups in total. The molecule has 0 fully saturated rings. The summed E-state index contributed by atoms with van der Waals surface area (Å²) in [6, 6.07) is 19.0. The summed E-state index contributed by atoms with van der Waals surface area (Å²) in [6.45, 7) is 11.0. The van der Waals surface area contributed by atoms with Gasteiger partial charge in [0.1, 0.15) is 22.6 Å². The molecule has 6 aromatic heterocycles. The molecular formula is C44H34F2N8O4. The van der Waals surface area contributed by atoms with Gasteiger partial charge in [0, 0.05) is 45.4 Å². The third-order valence-corrected chi connectivity index (χ3v) is 10.6. The van der Waals surface area contributed by atoms with Crippen LogP contribution in [-0.2, 0) is 0 Å². The Kier molecular flexibility index (Phi) is 8.49. The summed E-state index contributed by atoms with van der Waals surface area (Å²) in [4.78, 5) is 43.7. The van der Waals surface area contributed by atoms with Gasteiger partial charge in [-0.1, -0.05) is 34.6 Å². The van der Waals surface area contributed by atoms with Gasteiger partial charge in [-0.15, -0.1) is 0 Å².